The summed E-state index contributed by atoms with van der Waals surface area (Å²) in [6, 6.07) is 0.502. The standard InChI is InChI=1S/C18H29N5O2/c24-18(23-7-3-5-15-4-1-2-6-17(15)23)12-21-8-9-25-16(10-21)11-22-14-19-13-20-22/h13-17H,1-12H2/t15-,16-,17-/m0/s1. The summed E-state index contributed by atoms with van der Waals surface area (Å²) in [6.45, 7) is 4.47. The lowest BCUT2D eigenvalue weighted by atomic mass is 9.78. The van der Waals surface area contributed by atoms with E-state index < -0.39 is 0 Å². The highest BCUT2D eigenvalue weighted by Crippen LogP contribution is 2.35. The van der Waals surface area contributed by atoms with E-state index in [0.29, 0.717) is 31.6 Å². The van der Waals surface area contributed by atoms with Crippen LogP contribution in [0.4, 0.5) is 0 Å². The third kappa shape index (κ3) is 4.03. The summed E-state index contributed by atoms with van der Waals surface area (Å²) in [7, 11) is 0. The summed E-state index contributed by atoms with van der Waals surface area (Å²) >= 11 is 0. The molecule has 1 aromatic heterocycles. The summed E-state index contributed by atoms with van der Waals surface area (Å²) in [6.07, 6.45) is 11.0. The van der Waals surface area contributed by atoms with Gasteiger partial charge in [0.15, 0.2) is 0 Å². The van der Waals surface area contributed by atoms with Crippen LogP contribution in [0, 0.1) is 5.92 Å². The van der Waals surface area contributed by atoms with Crippen LogP contribution in [0.15, 0.2) is 12.7 Å². The fraction of sp³-hybridized carbons (Fsp3) is 0.833. The van der Waals surface area contributed by atoms with Gasteiger partial charge in [-0.2, -0.15) is 5.10 Å². The first-order chi connectivity index (χ1) is 12.3. The lowest BCUT2D eigenvalue weighted by molar-refractivity contribution is -0.140. The summed E-state index contributed by atoms with van der Waals surface area (Å²) in [5, 5.41) is 4.15. The van der Waals surface area contributed by atoms with Gasteiger partial charge in [0, 0.05) is 25.7 Å². The fourth-order valence-corrected chi connectivity index (χ4v) is 4.79. The van der Waals surface area contributed by atoms with Gasteiger partial charge in [-0.25, -0.2) is 4.98 Å². The van der Waals surface area contributed by atoms with Crippen LogP contribution in [-0.2, 0) is 16.1 Å². The number of ether oxygens (including phenoxy) is 1. The molecule has 1 amide bonds. The normalized spacial score (nSPS) is 30.9. The zero-order chi connectivity index (χ0) is 17.1. The molecule has 4 rings (SSSR count). The molecule has 0 aromatic carbocycles. The monoisotopic (exact) mass is 347 g/mol. The number of likely N-dealkylation sites (tertiary alicyclic amines) is 1. The van der Waals surface area contributed by atoms with Crippen molar-refractivity contribution in [2.24, 2.45) is 5.92 Å². The highest BCUT2D eigenvalue weighted by molar-refractivity contribution is 5.78. The molecule has 3 fully saturated rings. The smallest absolute Gasteiger partial charge is 0.237 e. The van der Waals surface area contributed by atoms with E-state index in [1.54, 1.807) is 17.3 Å². The van der Waals surface area contributed by atoms with Crippen LogP contribution in [0.5, 0.6) is 0 Å². The zero-order valence-electron chi connectivity index (χ0n) is 14.9. The van der Waals surface area contributed by atoms with E-state index >= 15 is 0 Å². The predicted octanol–water partition coefficient (Wildman–Crippen LogP) is 1.16. The molecular formula is C18H29N5O2. The molecule has 1 saturated carbocycles. The summed E-state index contributed by atoms with van der Waals surface area (Å²) in [4.78, 5) is 21.4. The van der Waals surface area contributed by atoms with Crippen molar-refractivity contribution in [3.8, 4) is 0 Å². The molecular weight excluding hydrogens is 318 g/mol. The first-order valence-corrected chi connectivity index (χ1v) is 9.75. The number of carbonyl (C=O) groups is 1. The average Bonchev–Trinajstić information content (AvgIpc) is 3.14. The molecule has 0 radical (unpaired) electrons. The van der Waals surface area contributed by atoms with Crippen LogP contribution in [0.2, 0.25) is 0 Å². The number of hydrogen-bond acceptors (Lipinski definition) is 5. The number of morpholine rings is 1. The largest absolute Gasteiger partial charge is 0.374 e. The van der Waals surface area contributed by atoms with E-state index in [1.807, 2.05) is 0 Å². The molecule has 25 heavy (non-hydrogen) atoms. The molecule has 0 N–H and O–H groups in total. The van der Waals surface area contributed by atoms with E-state index in [4.69, 9.17) is 4.74 Å². The minimum Gasteiger partial charge on any atom is -0.374 e. The molecule has 2 aliphatic heterocycles. The van der Waals surface area contributed by atoms with Gasteiger partial charge < -0.3 is 9.64 Å². The van der Waals surface area contributed by atoms with Gasteiger partial charge in [-0.05, 0) is 31.6 Å². The second-order valence-corrected chi connectivity index (χ2v) is 7.69. The molecule has 2 saturated heterocycles. The van der Waals surface area contributed by atoms with Crippen molar-refractivity contribution in [2.45, 2.75) is 57.2 Å². The number of carbonyl (C=O) groups excluding carboxylic acids is 1. The van der Waals surface area contributed by atoms with Crippen molar-refractivity contribution in [3.05, 3.63) is 12.7 Å². The number of rotatable bonds is 4. The third-order valence-electron chi connectivity index (χ3n) is 6.00. The zero-order valence-corrected chi connectivity index (χ0v) is 14.9. The Morgan fingerprint density at radius 1 is 1.16 bits per heavy atom. The molecule has 0 spiro atoms. The van der Waals surface area contributed by atoms with E-state index in [2.05, 4.69) is 19.9 Å². The maximum Gasteiger partial charge on any atom is 0.237 e. The van der Waals surface area contributed by atoms with Crippen molar-refractivity contribution in [2.75, 3.05) is 32.8 Å². The highest BCUT2D eigenvalue weighted by atomic mass is 16.5. The van der Waals surface area contributed by atoms with Crippen LogP contribution >= 0.6 is 0 Å². The van der Waals surface area contributed by atoms with E-state index in [-0.39, 0.29) is 6.10 Å². The second kappa shape index (κ2) is 7.83. The SMILES string of the molecule is O=C(CN1CCO[C@H](Cn2cncn2)C1)N1CCC[C@@H]2CCCC[C@@H]21. The molecule has 3 aliphatic rings. The van der Waals surface area contributed by atoms with Gasteiger partial charge in [-0.15, -0.1) is 0 Å². The number of nitrogens with zero attached hydrogens (tertiary/aromatic N) is 5. The van der Waals surface area contributed by atoms with Crippen LogP contribution in [0.1, 0.15) is 38.5 Å². The van der Waals surface area contributed by atoms with Gasteiger partial charge >= 0.3 is 0 Å². The first kappa shape index (κ1) is 17.0. The second-order valence-electron chi connectivity index (χ2n) is 7.69. The summed E-state index contributed by atoms with van der Waals surface area (Å²) in [5.41, 5.74) is 0. The van der Waals surface area contributed by atoms with Crippen molar-refractivity contribution in [3.63, 3.8) is 0 Å². The minimum absolute atomic E-state index is 0.0760. The highest BCUT2D eigenvalue weighted by Gasteiger charge is 2.36. The Morgan fingerprint density at radius 2 is 2.04 bits per heavy atom. The Morgan fingerprint density at radius 3 is 2.92 bits per heavy atom. The number of fused-ring (bicyclic) bond motifs is 1. The summed E-state index contributed by atoms with van der Waals surface area (Å²) < 4.78 is 7.64. The first-order valence-electron chi connectivity index (χ1n) is 9.75. The van der Waals surface area contributed by atoms with Gasteiger partial charge in [0.25, 0.3) is 0 Å². The van der Waals surface area contributed by atoms with Crippen LogP contribution in [0.25, 0.3) is 0 Å². The van der Waals surface area contributed by atoms with Gasteiger partial charge in [0.2, 0.25) is 5.91 Å². The molecule has 0 bridgehead atoms. The van der Waals surface area contributed by atoms with Crippen molar-refractivity contribution >= 4 is 5.91 Å². The third-order valence-corrected chi connectivity index (χ3v) is 6.00. The Hall–Kier alpha value is -1.47. The Kier molecular flexibility index (Phi) is 5.31. The van der Waals surface area contributed by atoms with Gasteiger partial charge in [0.1, 0.15) is 12.7 Å². The van der Waals surface area contributed by atoms with Crippen molar-refractivity contribution < 1.29 is 9.53 Å². The van der Waals surface area contributed by atoms with E-state index in [9.17, 15) is 4.79 Å². The number of hydrogen-bond donors (Lipinski definition) is 0. The van der Waals surface area contributed by atoms with Gasteiger partial charge in [0.05, 0.1) is 25.8 Å². The maximum atomic E-state index is 13.0. The van der Waals surface area contributed by atoms with Crippen LogP contribution < -0.4 is 0 Å². The molecule has 3 heterocycles. The number of amides is 1. The Labute approximate surface area is 149 Å². The van der Waals surface area contributed by atoms with Crippen LogP contribution in [0.3, 0.4) is 0 Å². The predicted molar refractivity (Wildman–Crippen MR) is 92.9 cm³/mol. The molecule has 0 unspecified atom stereocenters. The lowest BCUT2D eigenvalue weighted by Gasteiger charge is -2.45. The molecule has 3 atom stereocenters. The summed E-state index contributed by atoms with van der Waals surface area (Å²) in [5.74, 6) is 1.06. The van der Waals surface area contributed by atoms with E-state index in [1.165, 1.54) is 38.5 Å². The molecule has 138 valence electrons. The van der Waals surface area contributed by atoms with E-state index in [0.717, 1.165) is 25.6 Å². The van der Waals surface area contributed by atoms with Crippen molar-refractivity contribution in [1.29, 1.82) is 0 Å². The average molecular weight is 347 g/mol. The number of piperidine rings is 1. The molecule has 1 aromatic rings. The quantitative estimate of drug-likeness (QED) is 0.818. The molecule has 7 heteroatoms. The van der Waals surface area contributed by atoms with Crippen LogP contribution in [-0.4, -0.2) is 75.4 Å². The van der Waals surface area contributed by atoms with Crippen molar-refractivity contribution in [1.82, 2.24) is 24.6 Å². The fourth-order valence-electron chi connectivity index (χ4n) is 4.79. The topological polar surface area (TPSA) is 63.5 Å². The Balaban J connectivity index is 1.32. The Bertz CT molecular complexity index is 562. The molecule has 1 aliphatic carbocycles. The lowest BCUT2D eigenvalue weighted by Crippen LogP contribution is -2.54. The minimum atomic E-state index is 0.0760. The molecule has 7 nitrogen and oxygen atoms in total. The van der Waals surface area contributed by atoms with Gasteiger partial charge in [-0.1, -0.05) is 12.8 Å². The number of aromatic nitrogens is 3. The maximum absolute atomic E-state index is 13.0. The van der Waals surface area contributed by atoms with Gasteiger partial charge in [-0.3, -0.25) is 14.4 Å².